The average Bonchev–Trinajstić information content (AvgIpc) is 3.06. The molecule has 6 nitrogen and oxygen atoms in total. The third-order valence-corrected chi connectivity index (χ3v) is 3.89. The number of nitrogens with zero attached hydrogens (tertiary/aromatic N) is 4. The number of anilines is 1. The Morgan fingerprint density at radius 2 is 2.28 bits per heavy atom. The molecule has 0 atom stereocenters. The number of halogens is 1. The lowest BCUT2D eigenvalue weighted by Crippen LogP contribution is -2.07. The predicted octanol–water partition coefficient (Wildman–Crippen LogP) is 2.18. The van der Waals surface area contributed by atoms with Gasteiger partial charge >= 0.3 is 0 Å². The van der Waals surface area contributed by atoms with Crippen molar-refractivity contribution in [1.82, 2.24) is 25.4 Å². The fraction of sp³-hybridized carbons (Fsp3) is 0.455. The van der Waals surface area contributed by atoms with Crippen molar-refractivity contribution >= 4 is 28.4 Å². The minimum Gasteiger partial charge on any atom is -0.369 e. The smallest absolute Gasteiger partial charge is 0.184 e. The highest BCUT2D eigenvalue weighted by molar-refractivity contribution is 14.1. The molecule has 0 saturated heterocycles. The Kier molecular flexibility index (Phi) is 3.14. The number of aromatic nitrogens is 5. The van der Waals surface area contributed by atoms with Crippen LogP contribution in [0.15, 0.2) is 6.20 Å². The highest BCUT2D eigenvalue weighted by Crippen LogP contribution is 2.42. The van der Waals surface area contributed by atoms with Crippen molar-refractivity contribution in [1.29, 1.82) is 0 Å². The topological polar surface area (TPSA) is 79.4 Å². The molecule has 0 bridgehead atoms. The third kappa shape index (κ3) is 2.18. The zero-order valence-corrected chi connectivity index (χ0v) is 12.1. The molecule has 2 aromatic heterocycles. The van der Waals surface area contributed by atoms with Gasteiger partial charge in [0.15, 0.2) is 5.82 Å². The Bertz CT molecular complexity index is 549. The van der Waals surface area contributed by atoms with Crippen LogP contribution >= 0.6 is 22.6 Å². The lowest BCUT2D eigenvalue weighted by atomic mass is 10.2. The first-order valence-corrected chi connectivity index (χ1v) is 7.05. The zero-order valence-electron chi connectivity index (χ0n) is 9.94. The van der Waals surface area contributed by atoms with Crippen molar-refractivity contribution < 1.29 is 0 Å². The standard InChI is InChI=1S/C11H13IN6/c1-2-13-11-8(12)9(6-3-4-6)15-10(16-11)7-5-14-18-17-7/h5-6H,2-4H2,1H3,(H,13,15,16)(H,14,17,18). The number of rotatable bonds is 4. The lowest BCUT2D eigenvalue weighted by molar-refractivity contribution is 0.929. The van der Waals surface area contributed by atoms with Crippen molar-refractivity contribution in [2.75, 3.05) is 11.9 Å². The van der Waals surface area contributed by atoms with E-state index in [-0.39, 0.29) is 0 Å². The number of hydrogen-bond donors (Lipinski definition) is 2. The minimum absolute atomic E-state index is 0.586. The number of aromatic amines is 1. The molecule has 2 N–H and O–H groups in total. The van der Waals surface area contributed by atoms with Gasteiger partial charge in [0.25, 0.3) is 0 Å². The van der Waals surface area contributed by atoms with Crippen LogP contribution < -0.4 is 5.32 Å². The quantitative estimate of drug-likeness (QED) is 0.821. The van der Waals surface area contributed by atoms with Crippen LogP contribution in [0.1, 0.15) is 31.4 Å². The summed E-state index contributed by atoms with van der Waals surface area (Å²) in [4.78, 5) is 9.16. The molecule has 0 amide bonds. The van der Waals surface area contributed by atoms with E-state index in [2.05, 4.69) is 60.2 Å². The van der Waals surface area contributed by atoms with Gasteiger partial charge in [0.05, 0.1) is 15.5 Å². The van der Waals surface area contributed by atoms with Crippen LogP contribution in [-0.4, -0.2) is 31.9 Å². The Morgan fingerprint density at radius 1 is 1.44 bits per heavy atom. The van der Waals surface area contributed by atoms with Gasteiger partial charge in [-0.25, -0.2) is 9.97 Å². The van der Waals surface area contributed by atoms with E-state index in [0.29, 0.717) is 17.4 Å². The number of H-pyrrole nitrogens is 1. The van der Waals surface area contributed by atoms with Crippen LogP contribution in [0.5, 0.6) is 0 Å². The molecule has 1 fully saturated rings. The maximum Gasteiger partial charge on any atom is 0.184 e. The van der Waals surface area contributed by atoms with E-state index in [9.17, 15) is 0 Å². The van der Waals surface area contributed by atoms with Gasteiger partial charge in [-0.05, 0) is 42.4 Å². The summed E-state index contributed by atoms with van der Waals surface area (Å²) in [5, 5.41) is 13.7. The second kappa shape index (κ2) is 4.79. The van der Waals surface area contributed by atoms with Gasteiger partial charge in [0.2, 0.25) is 0 Å². The van der Waals surface area contributed by atoms with Gasteiger partial charge < -0.3 is 5.32 Å². The Hall–Kier alpha value is -1.25. The van der Waals surface area contributed by atoms with Gasteiger partial charge in [-0.3, -0.25) is 0 Å². The Balaban J connectivity index is 2.09. The van der Waals surface area contributed by atoms with E-state index in [1.807, 2.05) is 0 Å². The summed E-state index contributed by atoms with van der Waals surface area (Å²) in [5.74, 6) is 2.12. The van der Waals surface area contributed by atoms with Crippen LogP contribution in [0, 0.1) is 3.57 Å². The molecule has 7 heteroatoms. The fourth-order valence-corrected chi connectivity index (χ4v) is 2.67. The largest absolute Gasteiger partial charge is 0.369 e. The van der Waals surface area contributed by atoms with Gasteiger partial charge in [-0.1, -0.05) is 0 Å². The molecule has 0 aromatic carbocycles. The third-order valence-electron chi connectivity index (χ3n) is 2.83. The maximum absolute atomic E-state index is 4.64. The molecular weight excluding hydrogens is 343 g/mol. The zero-order chi connectivity index (χ0) is 12.5. The van der Waals surface area contributed by atoms with Gasteiger partial charge in [-0.2, -0.15) is 15.4 Å². The molecule has 1 aliphatic rings. The summed E-state index contributed by atoms with van der Waals surface area (Å²) in [6, 6.07) is 0. The fourth-order valence-electron chi connectivity index (χ4n) is 1.80. The van der Waals surface area contributed by atoms with Crippen molar-refractivity contribution in [3.63, 3.8) is 0 Å². The van der Waals surface area contributed by atoms with Crippen LogP contribution in [0.4, 0.5) is 5.82 Å². The van der Waals surface area contributed by atoms with E-state index in [1.165, 1.54) is 12.8 Å². The monoisotopic (exact) mass is 356 g/mol. The van der Waals surface area contributed by atoms with E-state index >= 15 is 0 Å². The molecule has 18 heavy (non-hydrogen) atoms. The minimum atomic E-state index is 0.586. The highest BCUT2D eigenvalue weighted by Gasteiger charge is 2.29. The normalized spacial score (nSPS) is 14.8. The second-order valence-electron chi connectivity index (χ2n) is 4.25. The molecule has 0 radical (unpaired) electrons. The Labute approximate surface area is 118 Å². The second-order valence-corrected chi connectivity index (χ2v) is 5.33. The van der Waals surface area contributed by atoms with Crippen LogP contribution in [0.25, 0.3) is 11.5 Å². The molecule has 0 aliphatic heterocycles. The van der Waals surface area contributed by atoms with E-state index in [0.717, 1.165) is 21.6 Å². The van der Waals surface area contributed by atoms with Gasteiger partial charge in [0.1, 0.15) is 11.5 Å². The summed E-state index contributed by atoms with van der Waals surface area (Å²) in [5.41, 5.74) is 1.83. The molecule has 2 aromatic rings. The summed E-state index contributed by atoms with van der Waals surface area (Å²) < 4.78 is 1.13. The first-order chi connectivity index (χ1) is 8.79. The van der Waals surface area contributed by atoms with Crippen LogP contribution in [0.3, 0.4) is 0 Å². The molecule has 0 unspecified atom stereocenters. The molecule has 0 spiro atoms. The Morgan fingerprint density at radius 3 is 2.89 bits per heavy atom. The molecule has 94 valence electrons. The van der Waals surface area contributed by atoms with Crippen LogP contribution in [0.2, 0.25) is 0 Å². The number of hydrogen-bond acceptors (Lipinski definition) is 5. The summed E-state index contributed by atoms with van der Waals surface area (Å²) >= 11 is 2.32. The van der Waals surface area contributed by atoms with Crippen molar-refractivity contribution in [3.8, 4) is 11.5 Å². The molecule has 1 saturated carbocycles. The van der Waals surface area contributed by atoms with Crippen molar-refractivity contribution in [2.45, 2.75) is 25.7 Å². The first-order valence-electron chi connectivity index (χ1n) is 5.97. The molecule has 2 heterocycles. The summed E-state index contributed by atoms with van der Waals surface area (Å²) in [7, 11) is 0. The SMILES string of the molecule is CCNc1nc(-c2cn[nH]n2)nc(C2CC2)c1I. The average molecular weight is 356 g/mol. The van der Waals surface area contributed by atoms with Crippen molar-refractivity contribution in [2.24, 2.45) is 0 Å². The molecular formula is C11H13IN6. The van der Waals surface area contributed by atoms with E-state index in [1.54, 1.807) is 6.20 Å². The van der Waals surface area contributed by atoms with Gasteiger partial charge in [0, 0.05) is 12.5 Å². The van der Waals surface area contributed by atoms with E-state index in [4.69, 9.17) is 0 Å². The molecule has 3 rings (SSSR count). The van der Waals surface area contributed by atoms with Crippen molar-refractivity contribution in [3.05, 3.63) is 15.5 Å². The van der Waals surface area contributed by atoms with Gasteiger partial charge in [-0.15, -0.1) is 0 Å². The highest BCUT2D eigenvalue weighted by atomic mass is 127. The molecule has 1 aliphatic carbocycles. The van der Waals surface area contributed by atoms with Crippen LogP contribution in [-0.2, 0) is 0 Å². The summed E-state index contributed by atoms with van der Waals surface area (Å²) in [6.07, 6.45) is 4.09. The summed E-state index contributed by atoms with van der Waals surface area (Å²) in [6.45, 7) is 2.90. The first kappa shape index (κ1) is 11.8. The maximum atomic E-state index is 4.64. The lowest BCUT2D eigenvalue weighted by Gasteiger charge is -2.10. The van der Waals surface area contributed by atoms with E-state index < -0.39 is 0 Å². The number of nitrogens with one attached hydrogen (secondary N) is 2. The predicted molar refractivity (Wildman–Crippen MR) is 76.3 cm³/mol.